The van der Waals surface area contributed by atoms with Gasteiger partial charge in [0.25, 0.3) is 11.7 Å². The number of nitrogens with zero attached hydrogens (tertiary/aromatic N) is 1. The van der Waals surface area contributed by atoms with Gasteiger partial charge >= 0.3 is 0 Å². The van der Waals surface area contributed by atoms with E-state index in [1.165, 1.54) is 29.4 Å². The van der Waals surface area contributed by atoms with Crippen LogP contribution in [0.25, 0.3) is 5.76 Å². The molecule has 26 heavy (non-hydrogen) atoms. The molecule has 3 rings (SSSR count). The smallest absolute Gasteiger partial charge is 0.295 e. The lowest BCUT2D eigenvalue weighted by Crippen LogP contribution is -2.30. The number of aliphatic hydroxyl groups excluding tert-OH is 1. The van der Waals surface area contributed by atoms with E-state index < -0.39 is 23.5 Å². The Labute approximate surface area is 150 Å². The Morgan fingerprint density at radius 2 is 2.08 bits per heavy atom. The van der Waals surface area contributed by atoms with Crippen molar-refractivity contribution < 1.29 is 23.5 Å². The number of unbranched alkanes of at least 4 members (excludes halogenated alkanes) is 1. The average Bonchev–Trinajstić information content (AvgIpc) is 3.23. The molecule has 1 N–H and O–H groups in total. The van der Waals surface area contributed by atoms with E-state index in [0.29, 0.717) is 17.9 Å². The molecule has 2 aromatic rings. The van der Waals surface area contributed by atoms with Crippen molar-refractivity contribution >= 4 is 17.4 Å². The molecule has 2 heterocycles. The number of likely N-dealkylation sites (tertiary alicyclic amines) is 1. The van der Waals surface area contributed by atoms with Crippen molar-refractivity contribution in [3.63, 3.8) is 0 Å². The van der Waals surface area contributed by atoms with Crippen LogP contribution in [0.2, 0.25) is 0 Å². The van der Waals surface area contributed by atoms with Crippen molar-refractivity contribution in [3.05, 3.63) is 64.9 Å². The number of Topliss-reactive ketones (excluding diaryl/α,β-unsaturated/α-hetero) is 1. The molecule has 1 atom stereocenters. The Bertz CT molecular complexity index is 870. The Morgan fingerprint density at radius 3 is 2.69 bits per heavy atom. The van der Waals surface area contributed by atoms with Gasteiger partial charge < -0.3 is 14.4 Å². The van der Waals surface area contributed by atoms with Crippen LogP contribution in [0.3, 0.4) is 0 Å². The summed E-state index contributed by atoms with van der Waals surface area (Å²) in [5.74, 6) is -1.76. The van der Waals surface area contributed by atoms with Gasteiger partial charge in [-0.3, -0.25) is 9.59 Å². The summed E-state index contributed by atoms with van der Waals surface area (Å²) in [6.45, 7) is 3.93. The van der Waals surface area contributed by atoms with Gasteiger partial charge in [-0.15, -0.1) is 0 Å². The summed E-state index contributed by atoms with van der Waals surface area (Å²) < 4.78 is 19.0. The van der Waals surface area contributed by atoms with Crippen LogP contribution in [-0.4, -0.2) is 28.2 Å². The third-order valence-electron chi connectivity index (χ3n) is 4.54. The first-order chi connectivity index (χ1) is 12.5. The van der Waals surface area contributed by atoms with Gasteiger partial charge in [0.1, 0.15) is 23.4 Å². The Balaban J connectivity index is 2.14. The van der Waals surface area contributed by atoms with Crippen LogP contribution in [0.1, 0.15) is 42.7 Å². The highest BCUT2D eigenvalue weighted by molar-refractivity contribution is 6.46. The summed E-state index contributed by atoms with van der Waals surface area (Å²) in [5, 5.41) is 10.8. The SMILES string of the molecule is CCCCN1C(=O)C(=O)/C(=C(\O)c2ccc(F)c(C)c2)C1c1ccco1. The lowest BCUT2D eigenvalue weighted by atomic mass is 9.98. The van der Waals surface area contributed by atoms with Crippen molar-refractivity contribution in [3.8, 4) is 0 Å². The summed E-state index contributed by atoms with van der Waals surface area (Å²) in [6, 6.07) is 6.59. The summed E-state index contributed by atoms with van der Waals surface area (Å²) in [6.07, 6.45) is 3.03. The minimum Gasteiger partial charge on any atom is -0.507 e. The highest BCUT2D eigenvalue weighted by Crippen LogP contribution is 2.39. The van der Waals surface area contributed by atoms with E-state index in [1.807, 2.05) is 6.92 Å². The number of aryl methyl sites for hydroxylation is 1. The highest BCUT2D eigenvalue weighted by atomic mass is 19.1. The second-order valence-corrected chi connectivity index (χ2v) is 6.33. The summed E-state index contributed by atoms with van der Waals surface area (Å²) in [5.41, 5.74) is 0.588. The van der Waals surface area contributed by atoms with Crippen LogP contribution < -0.4 is 0 Å². The first kappa shape index (κ1) is 17.9. The van der Waals surface area contributed by atoms with E-state index >= 15 is 0 Å². The molecule has 136 valence electrons. The number of carbonyl (C=O) groups is 2. The maximum absolute atomic E-state index is 13.5. The van der Waals surface area contributed by atoms with Crippen molar-refractivity contribution in [2.24, 2.45) is 0 Å². The van der Waals surface area contributed by atoms with Crippen LogP contribution in [-0.2, 0) is 9.59 Å². The van der Waals surface area contributed by atoms with Gasteiger partial charge in [-0.25, -0.2) is 4.39 Å². The molecule has 1 saturated heterocycles. The largest absolute Gasteiger partial charge is 0.507 e. The first-order valence-electron chi connectivity index (χ1n) is 8.54. The third-order valence-corrected chi connectivity index (χ3v) is 4.54. The number of aliphatic hydroxyl groups is 1. The van der Waals surface area contributed by atoms with Crippen LogP contribution in [0.4, 0.5) is 4.39 Å². The van der Waals surface area contributed by atoms with E-state index in [2.05, 4.69) is 0 Å². The predicted molar refractivity (Wildman–Crippen MR) is 93.8 cm³/mol. The van der Waals surface area contributed by atoms with E-state index in [9.17, 15) is 19.1 Å². The fourth-order valence-electron chi connectivity index (χ4n) is 3.13. The standard InChI is InChI=1S/C20H20FNO4/c1-3-4-9-22-17(15-6-5-10-26-15)16(19(24)20(22)25)18(23)13-7-8-14(21)12(2)11-13/h5-8,10-11,17,23H,3-4,9H2,1-2H3/b18-16-. The Morgan fingerprint density at radius 1 is 1.31 bits per heavy atom. The maximum Gasteiger partial charge on any atom is 0.295 e. The molecule has 0 spiro atoms. The van der Waals surface area contributed by atoms with Crippen molar-refractivity contribution in [1.82, 2.24) is 4.90 Å². The minimum atomic E-state index is -0.790. The van der Waals surface area contributed by atoms with Crippen LogP contribution in [0, 0.1) is 12.7 Å². The number of hydrogen-bond donors (Lipinski definition) is 1. The molecular weight excluding hydrogens is 337 g/mol. The quantitative estimate of drug-likeness (QED) is 0.500. The number of amides is 1. The van der Waals surface area contributed by atoms with Gasteiger partial charge in [-0.05, 0) is 49.2 Å². The van der Waals surface area contributed by atoms with Gasteiger partial charge in [0.2, 0.25) is 0 Å². The molecule has 0 radical (unpaired) electrons. The Kier molecular flexibility index (Phi) is 4.93. The van der Waals surface area contributed by atoms with Crippen molar-refractivity contribution in [2.75, 3.05) is 6.54 Å². The number of rotatable bonds is 5. The molecular formula is C20H20FNO4. The molecule has 1 aromatic heterocycles. The van der Waals surface area contributed by atoms with Crippen LogP contribution in [0.15, 0.2) is 46.6 Å². The number of benzene rings is 1. The molecule has 0 saturated carbocycles. The Hall–Kier alpha value is -2.89. The van der Waals surface area contributed by atoms with Gasteiger partial charge in [-0.1, -0.05) is 13.3 Å². The molecule has 1 fully saturated rings. The van der Waals surface area contributed by atoms with Gasteiger partial charge in [0, 0.05) is 12.1 Å². The molecule has 1 aromatic carbocycles. The van der Waals surface area contributed by atoms with Gasteiger partial charge in [0.15, 0.2) is 0 Å². The fourth-order valence-corrected chi connectivity index (χ4v) is 3.13. The first-order valence-corrected chi connectivity index (χ1v) is 8.54. The second-order valence-electron chi connectivity index (χ2n) is 6.33. The van der Waals surface area contributed by atoms with E-state index in [-0.39, 0.29) is 16.9 Å². The molecule has 5 nitrogen and oxygen atoms in total. The predicted octanol–water partition coefficient (Wildman–Crippen LogP) is 3.95. The van der Waals surface area contributed by atoms with Crippen molar-refractivity contribution in [1.29, 1.82) is 0 Å². The number of furan rings is 1. The monoisotopic (exact) mass is 357 g/mol. The lowest BCUT2D eigenvalue weighted by Gasteiger charge is -2.23. The van der Waals surface area contributed by atoms with E-state index in [0.717, 1.165) is 12.8 Å². The van der Waals surface area contributed by atoms with Crippen LogP contribution in [0.5, 0.6) is 0 Å². The molecule has 1 aliphatic rings. The highest BCUT2D eigenvalue weighted by Gasteiger charge is 2.47. The normalized spacial score (nSPS) is 19.3. The number of ketones is 1. The summed E-state index contributed by atoms with van der Waals surface area (Å²) >= 11 is 0. The second kappa shape index (κ2) is 7.15. The summed E-state index contributed by atoms with van der Waals surface area (Å²) in [4.78, 5) is 26.6. The molecule has 1 amide bonds. The molecule has 1 unspecified atom stereocenters. The topological polar surface area (TPSA) is 70.8 Å². The molecule has 0 bridgehead atoms. The number of halogens is 1. The maximum atomic E-state index is 13.5. The zero-order valence-corrected chi connectivity index (χ0v) is 14.7. The number of hydrogen-bond acceptors (Lipinski definition) is 4. The van der Waals surface area contributed by atoms with Gasteiger partial charge in [0.05, 0.1) is 11.8 Å². The number of carbonyl (C=O) groups excluding carboxylic acids is 2. The molecule has 6 heteroatoms. The fraction of sp³-hybridized carbons (Fsp3) is 0.300. The zero-order chi connectivity index (χ0) is 18.8. The van der Waals surface area contributed by atoms with E-state index in [4.69, 9.17) is 4.42 Å². The molecule has 1 aliphatic heterocycles. The van der Waals surface area contributed by atoms with E-state index in [1.54, 1.807) is 19.1 Å². The lowest BCUT2D eigenvalue weighted by molar-refractivity contribution is -0.140. The average molecular weight is 357 g/mol. The van der Waals surface area contributed by atoms with Crippen LogP contribution >= 0.6 is 0 Å². The summed E-state index contributed by atoms with van der Waals surface area (Å²) in [7, 11) is 0. The molecule has 0 aliphatic carbocycles. The third kappa shape index (κ3) is 3.03. The minimum absolute atomic E-state index is 0.0351. The van der Waals surface area contributed by atoms with Crippen molar-refractivity contribution in [2.45, 2.75) is 32.7 Å². The van der Waals surface area contributed by atoms with Gasteiger partial charge in [-0.2, -0.15) is 0 Å². The zero-order valence-electron chi connectivity index (χ0n) is 14.7.